The first-order valence-electron chi connectivity index (χ1n) is 10.3. The van der Waals surface area contributed by atoms with Crippen LogP contribution in [0.3, 0.4) is 0 Å². The molecule has 1 saturated carbocycles. The fourth-order valence-electron chi connectivity index (χ4n) is 3.88. The van der Waals surface area contributed by atoms with E-state index in [-0.39, 0.29) is 12.8 Å². The minimum Gasteiger partial charge on any atom is -0.301 e. The SMILES string of the molecule is CC(C)N(CCCc1ccc(C2(C(F)(F)F)CC2)cc1)CCc1ccccc1. The van der Waals surface area contributed by atoms with Crippen LogP contribution >= 0.6 is 0 Å². The number of halogens is 3. The Bertz CT molecular complexity index is 731. The van der Waals surface area contributed by atoms with Gasteiger partial charge in [-0.1, -0.05) is 54.6 Å². The minimum atomic E-state index is -4.13. The van der Waals surface area contributed by atoms with Gasteiger partial charge in [0.15, 0.2) is 0 Å². The third-order valence-corrected chi connectivity index (χ3v) is 5.97. The third-order valence-electron chi connectivity index (χ3n) is 5.97. The van der Waals surface area contributed by atoms with Gasteiger partial charge in [-0.15, -0.1) is 0 Å². The molecule has 0 aromatic heterocycles. The average molecular weight is 390 g/mol. The summed E-state index contributed by atoms with van der Waals surface area (Å²) in [6.07, 6.45) is -0.746. The first-order chi connectivity index (χ1) is 13.3. The molecule has 2 aromatic carbocycles. The highest BCUT2D eigenvalue weighted by molar-refractivity contribution is 5.35. The van der Waals surface area contributed by atoms with Crippen molar-refractivity contribution in [2.24, 2.45) is 0 Å². The van der Waals surface area contributed by atoms with Gasteiger partial charge in [0.1, 0.15) is 0 Å². The smallest absolute Gasteiger partial charge is 0.301 e. The molecule has 0 amide bonds. The van der Waals surface area contributed by atoms with Crippen molar-refractivity contribution in [3.05, 3.63) is 71.3 Å². The van der Waals surface area contributed by atoms with Gasteiger partial charge in [0.05, 0.1) is 5.41 Å². The Balaban J connectivity index is 1.49. The van der Waals surface area contributed by atoms with E-state index in [2.05, 4.69) is 43.0 Å². The summed E-state index contributed by atoms with van der Waals surface area (Å²) in [7, 11) is 0. The number of nitrogens with zero attached hydrogens (tertiary/aromatic N) is 1. The van der Waals surface area contributed by atoms with Crippen LogP contribution in [0.2, 0.25) is 0 Å². The zero-order valence-corrected chi connectivity index (χ0v) is 16.8. The van der Waals surface area contributed by atoms with Crippen LogP contribution in [0.15, 0.2) is 54.6 Å². The molecule has 0 spiro atoms. The molecule has 152 valence electrons. The van der Waals surface area contributed by atoms with Crippen LogP contribution in [-0.2, 0) is 18.3 Å². The highest BCUT2D eigenvalue weighted by Crippen LogP contribution is 2.58. The first-order valence-corrected chi connectivity index (χ1v) is 10.3. The molecule has 0 N–H and O–H groups in total. The molecule has 2 aromatic rings. The number of alkyl halides is 3. The molecule has 1 fully saturated rings. The summed E-state index contributed by atoms with van der Waals surface area (Å²) in [5, 5.41) is 0. The quantitative estimate of drug-likeness (QED) is 0.496. The fourth-order valence-corrected chi connectivity index (χ4v) is 3.88. The molecule has 4 heteroatoms. The molecule has 1 aliphatic carbocycles. The van der Waals surface area contributed by atoms with Crippen molar-refractivity contribution in [2.75, 3.05) is 13.1 Å². The van der Waals surface area contributed by atoms with Crippen molar-refractivity contribution in [1.29, 1.82) is 0 Å². The Kier molecular flexibility index (Phi) is 6.49. The second-order valence-corrected chi connectivity index (χ2v) is 8.25. The highest BCUT2D eigenvalue weighted by Gasteiger charge is 2.64. The largest absolute Gasteiger partial charge is 0.398 e. The summed E-state index contributed by atoms with van der Waals surface area (Å²) in [4.78, 5) is 2.48. The lowest BCUT2D eigenvalue weighted by atomic mass is 9.94. The average Bonchev–Trinajstić information content (AvgIpc) is 3.47. The summed E-state index contributed by atoms with van der Waals surface area (Å²) < 4.78 is 39.7. The Morgan fingerprint density at radius 2 is 1.46 bits per heavy atom. The Morgan fingerprint density at radius 3 is 2.00 bits per heavy atom. The van der Waals surface area contributed by atoms with Gasteiger partial charge in [0.25, 0.3) is 0 Å². The second kappa shape index (κ2) is 8.69. The molecule has 0 saturated heterocycles. The summed E-state index contributed by atoms with van der Waals surface area (Å²) in [5.41, 5.74) is 1.32. The van der Waals surface area contributed by atoms with Gasteiger partial charge in [-0.05, 0) is 69.2 Å². The van der Waals surface area contributed by atoms with Gasteiger partial charge in [-0.3, -0.25) is 0 Å². The Morgan fingerprint density at radius 1 is 0.857 bits per heavy atom. The molecule has 1 aliphatic rings. The third kappa shape index (κ3) is 4.96. The molecule has 0 atom stereocenters. The lowest BCUT2D eigenvalue weighted by Crippen LogP contribution is -2.34. The maximum Gasteiger partial charge on any atom is 0.398 e. The van der Waals surface area contributed by atoms with E-state index >= 15 is 0 Å². The summed E-state index contributed by atoms with van der Waals surface area (Å²) in [6, 6.07) is 18.1. The number of rotatable bonds is 9. The lowest BCUT2D eigenvalue weighted by Gasteiger charge is -2.26. The molecule has 0 bridgehead atoms. The van der Waals surface area contributed by atoms with Gasteiger partial charge in [-0.2, -0.15) is 13.2 Å². The van der Waals surface area contributed by atoms with E-state index in [1.54, 1.807) is 12.1 Å². The summed E-state index contributed by atoms with van der Waals surface area (Å²) in [5.74, 6) is 0. The normalized spacial score (nSPS) is 16.0. The summed E-state index contributed by atoms with van der Waals surface area (Å²) >= 11 is 0. The Labute approximate surface area is 166 Å². The lowest BCUT2D eigenvalue weighted by molar-refractivity contribution is -0.160. The van der Waals surface area contributed by atoms with E-state index in [4.69, 9.17) is 0 Å². The van der Waals surface area contributed by atoms with Crippen LogP contribution in [0, 0.1) is 0 Å². The molecule has 0 radical (unpaired) electrons. The van der Waals surface area contributed by atoms with E-state index in [9.17, 15) is 13.2 Å². The molecular formula is C24H30F3N. The van der Waals surface area contributed by atoms with Crippen LogP contribution in [-0.4, -0.2) is 30.2 Å². The van der Waals surface area contributed by atoms with Gasteiger partial charge in [-0.25, -0.2) is 0 Å². The monoisotopic (exact) mass is 389 g/mol. The maximum absolute atomic E-state index is 13.2. The van der Waals surface area contributed by atoms with Crippen LogP contribution < -0.4 is 0 Å². The van der Waals surface area contributed by atoms with Crippen molar-refractivity contribution in [3.63, 3.8) is 0 Å². The molecule has 0 heterocycles. The number of aryl methyl sites for hydroxylation is 1. The van der Waals surface area contributed by atoms with E-state index in [0.717, 1.165) is 37.9 Å². The topological polar surface area (TPSA) is 3.24 Å². The van der Waals surface area contributed by atoms with E-state index in [0.29, 0.717) is 11.6 Å². The standard InChI is InChI=1S/C24H30F3N/c1-19(2)28(18-14-20-7-4-3-5-8-20)17-6-9-21-10-12-22(13-11-21)23(15-16-23)24(25,26)27/h3-5,7-8,10-13,19H,6,9,14-18H2,1-2H3. The van der Waals surface area contributed by atoms with Gasteiger partial charge in [0, 0.05) is 12.6 Å². The van der Waals surface area contributed by atoms with Crippen LogP contribution in [0.25, 0.3) is 0 Å². The van der Waals surface area contributed by atoms with Crippen molar-refractivity contribution >= 4 is 0 Å². The zero-order chi connectivity index (χ0) is 20.2. The molecule has 3 rings (SSSR count). The summed E-state index contributed by atoms with van der Waals surface area (Å²) in [6.45, 7) is 6.45. The van der Waals surface area contributed by atoms with Gasteiger partial charge >= 0.3 is 6.18 Å². The van der Waals surface area contributed by atoms with E-state index < -0.39 is 11.6 Å². The molecule has 1 nitrogen and oxygen atoms in total. The minimum absolute atomic E-state index is 0.223. The molecule has 0 unspecified atom stereocenters. The van der Waals surface area contributed by atoms with Gasteiger partial charge in [0.2, 0.25) is 0 Å². The van der Waals surface area contributed by atoms with Crippen LogP contribution in [0.4, 0.5) is 13.2 Å². The molecule has 28 heavy (non-hydrogen) atoms. The number of benzene rings is 2. The van der Waals surface area contributed by atoms with Crippen molar-refractivity contribution in [3.8, 4) is 0 Å². The predicted molar refractivity (Wildman–Crippen MR) is 109 cm³/mol. The van der Waals surface area contributed by atoms with Gasteiger partial charge < -0.3 is 4.90 Å². The highest BCUT2D eigenvalue weighted by atomic mass is 19.4. The number of hydrogen-bond donors (Lipinski definition) is 0. The van der Waals surface area contributed by atoms with Crippen molar-refractivity contribution in [2.45, 2.75) is 63.6 Å². The van der Waals surface area contributed by atoms with E-state index in [1.165, 1.54) is 5.56 Å². The van der Waals surface area contributed by atoms with Crippen molar-refractivity contribution < 1.29 is 13.2 Å². The first kappa shape index (κ1) is 20.9. The predicted octanol–water partition coefficient (Wildman–Crippen LogP) is 6.17. The zero-order valence-electron chi connectivity index (χ0n) is 16.8. The molecule has 0 aliphatic heterocycles. The Hall–Kier alpha value is -1.81. The van der Waals surface area contributed by atoms with E-state index in [1.807, 2.05) is 18.2 Å². The number of hydrogen-bond acceptors (Lipinski definition) is 1. The molecular weight excluding hydrogens is 359 g/mol. The van der Waals surface area contributed by atoms with Crippen molar-refractivity contribution in [1.82, 2.24) is 4.90 Å². The van der Waals surface area contributed by atoms with Crippen LogP contribution in [0.1, 0.15) is 49.8 Å². The van der Waals surface area contributed by atoms with Crippen LogP contribution in [0.5, 0.6) is 0 Å². The fraction of sp³-hybridized carbons (Fsp3) is 0.500. The maximum atomic E-state index is 13.2. The second-order valence-electron chi connectivity index (χ2n) is 8.25.